The largest absolute Gasteiger partial charge is 0.744 e. The molecule has 2 aliphatic carbocycles. The summed E-state index contributed by atoms with van der Waals surface area (Å²) in [5.41, 5.74) is 1.86. The Morgan fingerprint density at radius 1 is 0.565 bits per heavy atom. The number of benzene rings is 2. The van der Waals surface area contributed by atoms with Crippen LogP contribution in [-0.4, -0.2) is 152 Å². The van der Waals surface area contributed by atoms with Gasteiger partial charge in [0.1, 0.15) is 46.4 Å². The topological polar surface area (TPSA) is 215 Å². The summed E-state index contributed by atoms with van der Waals surface area (Å²) < 4.78 is 75.2. The number of aryl methyl sites for hydroxylation is 2. The molecule has 4 amide bonds. The Hall–Kier alpha value is -3.36. The van der Waals surface area contributed by atoms with Gasteiger partial charge in [0.2, 0.25) is 0 Å². The van der Waals surface area contributed by atoms with Crippen LogP contribution in [0.25, 0.3) is 0 Å². The van der Waals surface area contributed by atoms with E-state index in [9.17, 15) is 35.5 Å². The second-order valence-corrected chi connectivity index (χ2v) is 20.3. The van der Waals surface area contributed by atoms with Crippen molar-refractivity contribution in [1.82, 2.24) is 21.3 Å². The van der Waals surface area contributed by atoms with E-state index < -0.39 is 20.2 Å². The third kappa shape index (κ3) is 22.3. The van der Waals surface area contributed by atoms with Gasteiger partial charge in [0, 0.05) is 18.6 Å². The normalized spacial score (nSPS) is 19.1. The lowest BCUT2D eigenvalue weighted by molar-refractivity contribution is -0.917. The molecule has 0 aromatic heterocycles. The molecule has 0 unspecified atom stereocenters. The fourth-order valence-corrected chi connectivity index (χ4v) is 8.59. The predicted molar refractivity (Wildman–Crippen MR) is 238 cm³/mol. The lowest BCUT2D eigenvalue weighted by atomic mass is 9.96. The van der Waals surface area contributed by atoms with Crippen molar-refractivity contribution in [2.75, 3.05) is 92.9 Å². The predicted octanol–water partition coefficient (Wildman–Crippen LogP) is 4.77. The Balaban J connectivity index is 0.000000229. The number of urea groups is 2. The molecule has 4 fully saturated rings. The van der Waals surface area contributed by atoms with Gasteiger partial charge in [-0.2, -0.15) is 0 Å². The van der Waals surface area contributed by atoms with Gasteiger partial charge in [0.25, 0.3) is 0 Å². The number of hydrogen-bond acceptors (Lipinski definition) is 10. The van der Waals surface area contributed by atoms with Crippen LogP contribution in [0.1, 0.15) is 88.2 Å². The number of carbonyl (C=O) groups is 2. The molecule has 0 bridgehead atoms. The Labute approximate surface area is 371 Å². The molecule has 2 aliphatic heterocycles. The van der Waals surface area contributed by atoms with Crippen molar-refractivity contribution in [3.8, 4) is 0 Å². The summed E-state index contributed by atoms with van der Waals surface area (Å²) in [5, 5.41) is 12.2. The monoisotopic (exact) mass is 910 g/mol. The first-order valence-corrected chi connectivity index (χ1v) is 25.1. The van der Waals surface area contributed by atoms with Gasteiger partial charge in [-0.05, 0) is 76.6 Å². The summed E-state index contributed by atoms with van der Waals surface area (Å²) in [6.45, 7) is 15.1. The number of rotatable bonds is 12. The van der Waals surface area contributed by atoms with E-state index in [1.165, 1.54) is 75.8 Å². The standard InChI is InChI=1S/C16H31N3O2.C14H27N3O2.2C7H8O3S/c1-19(11-13-21-14-12-19)10-6-5-9-17-16(20)18-15-7-3-2-4-8-15;1-17(9-11-19-12-10-17)8-7-15-14(18)16-13-5-3-2-4-6-13;2*1-6-2-4-7(5-3-6)11(8,9)10/h15H,2-14H2,1H3,(H-,17,18,20);13H,2-12H2,1H3,(H-,15,16,18);2*2-5H,1H3,(H,8,9,10). The van der Waals surface area contributed by atoms with Crippen LogP contribution in [-0.2, 0) is 29.7 Å². The molecule has 2 saturated heterocycles. The quantitative estimate of drug-likeness (QED) is 0.130. The van der Waals surface area contributed by atoms with Crippen molar-refractivity contribution in [2.24, 2.45) is 0 Å². The van der Waals surface area contributed by atoms with Gasteiger partial charge in [-0.1, -0.05) is 73.9 Å². The molecular formula is C44H74N6O10S2. The zero-order chi connectivity index (χ0) is 45.5. The van der Waals surface area contributed by atoms with E-state index in [1.807, 2.05) is 13.8 Å². The van der Waals surface area contributed by atoms with Gasteiger partial charge >= 0.3 is 12.1 Å². The molecule has 0 atom stereocenters. The fraction of sp³-hybridized carbons (Fsp3) is 0.682. The van der Waals surface area contributed by atoms with Crippen LogP contribution in [0.3, 0.4) is 0 Å². The second-order valence-electron chi connectivity index (χ2n) is 17.5. The number of amides is 4. The number of quaternary nitrogens is 2. The maximum absolute atomic E-state index is 11.8. The third-order valence-corrected chi connectivity index (χ3v) is 13.6. The lowest BCUT2D eigenvalue weighted by Gasteiger charge is -2.37. The van der Waals surface area contributed by atoms with Gasteiger partial charge in [0.15, 0.2) is 0 Å². The second kappa shape index (κ2) is 27.1. The highest BCUT2D eigenvalue weighted by Crippen LogP contribution is 2.18. The van der Waals surface area contributed by atoms with E-state index in [0.29, 0.717) is 12.1 Å². The third-order valence-electron chi connectivity index (χ3n) is 11.9. The minimum Gasteiger partial charge on any atom is -0.744 e. The molecule has 2 aromatic carbocycles. The zero-order valence-corrected chi connectivity index (χ0v) is 39.2. The highest BCUT2D eigenvalue weighted by molar-refractivity contribution is 7.86. The number of nitrogens with one attached hydrogen (secondary N) is 4. The Bertz CT molecular complexity index is 1740. The van der Waals surface area contributed by atoms with E-state index in [2.05, 4.69) is 35.4 Å². The average molecular weight is 911 g/mol. The molecule has 6 rings (SSSR count). The number of nitrogens with zero attached hydrogens (tertiary/aromatic N) is 2. The van der Waals surface area contributed by atoms with Gasteiger partial charge in [-0.3, -0.25) is 0 Å². The summed E-state index contributed by atoms with van der Waals surface area (Å²) in [6, 6.07) is 12.4. The van der Waals surface area contributed by atoms with Gasteiger partial charge in [0.05, 0.1) is 69.9 Å². The SMILES string of the molecule is C[N+]1(CCCCNC(=O)NC2CCCCC2)CCOCC1.C[N+]1(CCNC(=O)NC2CCCCC2)CCOCC1.Cc1ccc(S(=O)(=O)[O-])cc1.Cc1ccc(S(=O)(=O)[O-])cc1. The van der Waals surface area contributed by atoms with E-state index >= 15 is 0 Å². The number of likely N-dealkylation sites (N-methyl/N-ethyl adjacent to an activating group) is 2. The van der Waals surface area contributed by atoms with Crippen molar-refractivity contribution in [3.63, 3.8) is 0 Å². The van der Waals surface area contributed by atoms with Gasteiger partial charge in [-0.15, -0.1) is 0 Å². The van der Waals surface area contributed by atoms with Crippen molar-refractivity contribution >= 4 is 32.3 Å². The highest BCUT2D eigenvalue weighted by atomic mass is 32.2. The van der Waals surface area contributed by atoms with Crippen LogP contribution in [0.4, 0.5) is 9.59 Å². The van der Waals surface area contributed by atoms with Crippen LogP contribution >= 0.6 is 0 Å². The van der Waals surface area contributed by atoms with Gasteiger partial charge < -0.3 is 48.8 Å². The number of ether oxygens (including phenoxy) is 2. The van der Waals surface area contributed by atoms with Crippen molar-refractivity contribution < 1.29 is 54.0 Å². The van der Waals surface area contributed by atoms with Crippen LogP contribution < -0.4 is 21.3 Å². The summed E-state index contributed by atoms with van der Waals surface area (Å²) >= 11 is 0. The first kappa shape index (κ1) is 53.0. The molecular weight excluding hydrogens is 837 g/mol. The molecule has 4 N–H and O–H groups in total. The minimum atomic E-state index is -4.27. The first-order chi connectivity index (χ1) is 29.4. The van der Waals surface area contributed by atoms with Crippen molar-refractivity contribution in [1.29, 1.82) is 0 Å². The molecule has 18 heteroatoms. The summed E-state index contributed by atoms with van der Waals surface area (Å²) in [4.78, 5) is 23.2. The molecule has 0 spiro atoms. The molecule has 4 aliphatic rings. The van der Waals surface area contributed by atoms with Crippen molar-refractivity contribution in [3.05, 3.63) is 59.7 Å². The van der Waals surface area contributed by atoms with E-state index in [4.69, 9.17) is 9.47 Å². The molecule has 62 heavy (non-hydrogen) atoms. The van der Waals surface area contributed by atoms with Crippen LogP contribution in [0, 0.1) is 13.8 Å². The van der Waals surface area contributed by atoms with Crippen LogP contribution in [0.15, 0.2) is 58.3 Å². The highest BCUT2D eigenvalue weighted by Gasteiger charge is 2.26. The zero-order valence-electron chi connectivity index (χ0n) is 37.5. The molecule has 2 aromatic rings. The molecule has 16 nitrogen and oxygen atoms in total. The molecule has 352 valence electrons. The summed E-state index contributed by atoms with van der Waals surface area (Å²) in [7, 11) is -3.99. The van der Waals surface area contributed by atoms with Gasteiger partial charge in [-0.25, -0.2) is 26.4 Å². The molecule has 0 radical (unpaired) electrons. The fourth-order valence-electron chi connectivity index (χ4n) is 7.65. The summed E-state index contributed by atoms with van der Waals surface area (Å²) in [6.07, 6.45) is 14.4. The Morgan fingerprint density at radius 2 is 0.919 bits per heavy atom. The Kier molecular flexibility index (Phi) is 23.1. The van der Waals surface area contributed by atoms with Crippen molar-refractivity contribution in [2.45, 2.75) is 113 Å². The number of carbonyl (C=O) groups excluding carboxylic acids is 2. The lowest BCUT2D eigenvalue weighted by Crippen LogP contribution is -2.55. The smallest absolute Gasteiger partial charge is 0.315 e. The number of hydrogen-bond donors (Lipinski definition) is 4. The average Bonchev–Trinajstić information content (AvgIpc) is 3.22. The minimum absolute atomic E-state index is 0.00626. The summed E-state index contributed by atoms with van der Waals surface area (Å²) in [5.74, 6) is 0. The number of unbranched alkanes of at least 4 members (excludes halogenated alkanes) is 1. The van der Waals surface area contributed by atoms with Crippen LogP contribution in [0.2, 0.25) is 0 Å². The van der Waals surface area contributed by atoms with E-state index in [0.717, 1.165) is 124 Å². The van der Waals surface area contributed by atoms with E-state index in [-0.39, 0.29) is 21.9 Å². The molecule has 2 heterocycles. The maximum Gasteiger partial charge on any atom is 0.315 e. The molecule has 2 saturated carbocycles. The first-order valence-electron chi connectivity index (χ1n) is 22.3. The number of morpholine rings is 2. The Morgan fingerprint density at radius 3 is 1.29 bits per heavy atom. The van der Waals surface area contributed by atoms with Crippen LogP contribution in [0.5, 0.6) is 0 Å². The maximum atomic E-state index is 11.8. The van der Waals surface area contributed by atoms with E-state index in [1.54, 1.807) is 24.3 Å².